The molecule has 5 nitrogen and oxygen atoms in total. The first kappa shape index (κ1) is 20.1. The van der Waals surface area contributed by atoms with Crippen molar-refractivity contribution in [2.45, 2.75) is 38.8 Å². The zero-order valence-electron chi connectivity index (χ0n) is 17.0. The van der Waals surface area contributed by atoms with E-state index in [-0.39, 0.29) is 30.8 Å². The Morgan fingerprint density at radius 1 is 1.10 bits per heavy atom. The molecule has 1 aliphatic heterocycles. The molecule has 1 aromatic heterocycles. The predicted molar refractivity (Wildman–Crippen MR) is 113 cm³/mol. The van der Waals surface area contributed by atoms with Crippen LogP contribution in [0.1, 0.15) is 42.2 Å². The summed E-state index contributed by atoms with van der Waals surface area (Å²) in [6.07, 6.45) is 2.32. The number of piperidine rings is 1. The number of ether oxygens (including phenoxy) is 1. The monoisotopic (exact) mass is 408 g/mol. The van der Waals surface area contributed by atoms with Gasteiger partial charge in [0.2, 0.25) is 0 Å². The predicted octanol–water partition coefficient (Wildman–Crippen LogP) is 4.39. The number of hydrogen-bond donors (Lipinski definition) is 0. The minimum atomic E-state index is -0.578. The van der Waals surface area contributed by atoms with E-state index in [0.717, 1.165) is 23.7 Å². The molecule has 1 aliphatic rings. The largest absolute Gasteiger partial charge is 0.464 e. The molecule has 0 spiro atoms. The highest BCUT2D eigenvalue weighted by atomic mass is 19.1. The van der Waals surface area contributed by atoms with Crippen LogP contribution in [0.3, 0.4) is 0 Å². The van der Waals surface area contributed by atoms with Crippen LogP contribution in [0.5, 0.6) is 0 Å². The first-order valence-corrected chi connectivity index (χ1v) is 10.4. The lowest BCUT2D eigenvalue weighted by atomic mass is 10.0. The van der Waals surface area contributed by atoms with E-state index in [1.165, 1.54) is 6.07 Å². The molecule has 0 radical (unpaired) electrons. The fourth-order valence-electron chi connectivity index (χ4n) is 4.16. The van der Waals surface area contributed by atoms with Crippen molar-refractivity contribution in [1.29, 1.82) is 0 Å². The summed E-state index contributed by atoms with van der Waals surface area (Å²) < 4.78 is 21.4. The quantitative estimate of drug-likeness (QED) is 0.589. The number of halogens is 1. The maximum absolute atomic E-state index is 14.4. The minimum absolute atomic E-state index is 0.222. The SMILES string of the molecule is CCOC(=O)C1CCCCN1C(=O)c1cc2ccccc2n1Cc1ccccc1F. The summed E-state index contributed by atoms with van der Waals surface area (Å²) in [6, 6.07) is 15.5. The van der Waals surface area contributed by atoms with Gasteiger partial charge in [0.1, 0.15) is 17.6 Å². The van der Waals surface area contributed by atoms with E-state index >= 15 is 0 Å². The summed E-state index contributed by atoms with van der Waals surface area (Å²) in [5.41, 5.74) is 1.82. The Kier molecular flexibility index (Phi) is 5.84. The molecule has 0 saturated carbocycles. The first-order valence-electron chi connectivity index (χ1n) is 10.4. The first-order chi connectivity index (χ1) is 14.6. The topological polar surface area (TPSA) is 51.5 Å². The molecule has 0 aliphatic carbocycles. The van der Waals surface area contributed by atoms with Crippen LogP contribution in [-0.2, 0) is 16.1 Å². The van der Waals surface area contributed by atoms with Crippen LogP contribution < -0.4 is 0 Å². The molecule has 1 fully saturated rings. The van der Waals surface area contributed by atoms with Crippen molar-refractivity contribution >= 4 is 22.8 Å². The molecular formula is C24H25FN2O3. The van der Waals surface area contributed by atoms with Crippen LogP contribution in [0.2, 0.25) is 0 Å². The Hall–Kier alpha value is -3.15. The van der Waals surface area contributed by atoms with Crippen molar-refractivity contribution in [2.75, 3.05) is 13.2 Å². The summed E-state index contributed by atoms with van der Waals surface area (Å²) in [5, 5.41) is 0.905. The summed E-state index contributed by atoms with van der Waals surface area (Å²) in [7, 11) is 0. The third kappa shape index (κ3) is 3.82. The van der Waals surface area contributed by atoms with Gasteiger partial charge in [-0.15, -0.1) is 0 Å². The molecule has 1 saturated heterocycles. The summed E-state index contributed by atoms with van der Waals surface area (Å²) >= 11 is 0. The smallest absolute Gasteiger partial charge is 0.328 e. The average Bonchev–Trinajstić information content (AvgIpc) is 3.13. The fourth-order valence-corrected chi connectivity index (χ4v) is 4.16. The number of likely N-dealkylation sites (tertiary alicyclic amines) is 1. The van der Waals surface area contributed by atoms with Gasteiger partial charge >= 0.3 is 5.97 Å². The fraction of sp³-hybridized carbons (Fsp3) is 0.333. The van der Waals surface area contributed by atoms with Gasteiger partial charge in [0.15, 0.2) is 0 Å². The number of nitrogens with zero attached hydrogens (tertiary/aromatic N) is 2. The molecule has 0 bridgehead atoms. The van der Waals surface area contributed by atoms with Gasteiger partial charge in [-0.25, -0.2) is 9.18 Å². The Labute approximate surface area is 175 Å². The lowest BCUT2D eigenvalue weighted by molar-refractivity contribution is -0.149. The van der Waals surface area contributed by atoms with E-state index in [0.29, 0.717) is 24.2 Å². The standard InChI is InChI=1S/C24H25FN2O3/c1-2-30-24(29)21-13-7-8-14-26(21)23(28)22-15-17-9-4-6-12-20(17)27(22)16-18-10-3-5-11-19(18)25/h3-6,9-12,15,21H,2,7-8,13-14,16H2,1H3. The second kappa shape index (κ2) is 8.69. The number of para-hydroxylation sites is 1. The van der Waals surface area contributed by atoms with Crippen LogP contribution in [0, 0.1) is 5.82 Å². The zero-order chi connectivity index (χ0) is 21.1. The summed E-state index contributed by atoms with van der Waals surface area (Å²) in [5.74, 6) is -0.890. The number of fused-ring (bicyclic) bond motifs is 1. The molecule has 1 amide bonds. The molecule has 0 N–H and O–H groups in total. The van der Waals surface area contributed by atoms with Crippen LogP contribution in [-0.4, -0.2) is 40.5 Å². The molecule has 4 rings (SSSR count). The zero-order valence-corrected chi connectivity index (χ0v) is 17.0. The normalized spacial score (nSPS) is 16.6. The van der Waals surface area contributed by atoms with Crippen LogP contribution in [0.15, 0.2) is 54.6 Å². The molecule has 2 heterocycles. The van der Waals surface area contributed by atoms with Gasteiger partial charge in [-0.1, -0.05) is 36.4 Å². The molecule has 1 atom stereocenters. The highest BCUT2D eigenvalue weighted by Crippen LogP contribution is 2.26. The highest BCUT2D eigenvalue weighted by molar-refractivity contribution is 6.00. The van der Waals surface area contributed by atoms with E-state index < -0.39 is 6.04 Å². The number of benzene rings is 2. The molecule has 3 aromatic rings. The van der Waals surface area contributed by atoms with Crippen LogP contribution in [0.4, 0.5) is 4.39 Å². The van der Waals surface area contributed by atoms with E-state index in [1.807, 2.05) is 34.9 Å². The molecular weight excluding hydrogens is 383 g/mol. The Morgan fingerprint density at radius 2 is 1.87 bits per heavy atom. The van der Waals surface area contributed by atoms with Crippen molar-refractivity contribution in [3.05, 3.63) is 71.7 Å². The Morgan fingerprint density at radius 3 is 2.67 bits per heavy atom. The number of carbonyl (C=O) groups excluding carboxylic acids is 2. The maximum Gasteiger partial charge on any atom is 0.328 e. The van der Waals surface area contributed by atoms with Crippen LogP contribution in [0.25, 0.3) is 10.9 Å². The second-order valence-electron chi connectivity index (χ2n) is 7.53. The van der Waals surface area contributed by atoms with E-state index in [4.69, 9.17) is 4.74 Å². The number of esters is 1. The molecule has 30 heavy (non-hydrogen) atoms. The number of amides is 1. The lowest BCUT2D eigenvalue weighted by Gasteiger charge is -2.34. The van der Waals surface area contributed by atoms with Gasteiger partial charge in [0, 0.05) is 23.0 Å². The maximum atomic E-state index is 14.4. The summed E-state index contributed by atoms with van der Waals surface area (Å²) in [4.78, 5) is 27.7. The highest BCUT2D eigenvalue weighted by Gasteiger charge is 2.35. The molecule has 2 aromatic carbocycles. The number of hydrogen-bond acceptors (Lipinski definition) is 3. The van der Waals surface area contributed by atoms with E-state index in [2.05, 4.69) is 0 Å². The van der Waals surface area contributed by atoms with Gasteiger partial charge in [-0.2, -0.15) is 0 Å². The van der Waals surface area contributed by atoms with Gasteiger partial charge in [0.05, 0.1) is 13.2 Å². The van der Waals surface area contributed by atoms with Crippen molar-refractivity contribution < 1.29 is 18.7 Å². The Bertz CT molecular complexity index is 1080. The van der Waals surface area contributed by atoms with Gasteiger partial charge < -0.3 is 14.2 Å². The minimum Gasteiger partial charge on any atom is -0.464 e. The van der Waals surface area contributed by atoms with Crippen molar-refractivity contribution in [1.82, 2.24) is 9.47 Å². The molecule has 6 heteroatoms. The van der Waals surface area contributed by atoms with Crippen molar-refractivity contribution in [3.63, 3.8) is 0 Å². The molecule has 156 valence electrons. The lowest BCUT2D eigenvalue weighted by Crippen LogP contribution is -2.49. The van der Waals surface area contributed by atoms with Gasteiger partial charge in [-0.3, -0.25) is 4.79 Å². The third-order valence-corrected chi connectivity index (χ3v) is 5.64. The van der Waals surface area contributed by atoms with E-state index in [9.17, 15) is 14.0 Å². The van der Waals surface area contributed by atoms with Crippen molar-refractivity contribution in [2.24, 2.45) is 0 Å². The summed E-state index contributed by atoms with van der Waals surface area (Å²) in [6.45, 7) is 2.78. The second-order valence-corrected chi connectivity index (χ2v) is 7.53. The number of aromatic nitrogens is 1. The van der Waals surface area contributed by atoms with Gasteiger partial charge in [-0.05, 0) is 44.4 Å². The average molecular weight is 408 g/mol. The van der Waals surface area contributed by atoms with Gasteiger partial charge in [0.25, 0.3) is 5.91 Å². The molecule has 1 unspecified atom stereocenters. The van der Waals surface area contributed by atoms with Crippen molar-refractivity contribution in [3.8, 4) is 0 Å². The third-order valence-electron chi connectivity index (χ3n) is 5.64. The van der Waals surface area contributed by atoms with Crippen LogP contribution >= 0.6 is 0 Å². The number of rotatable bonds is 5. The van der Waals surface area contributed by atoms with E-state index in [1.54, 1.807) is 30.0 Å². The number of carbonyl (C=O) groups is 2. The Balaban J connectivity index is 1.75.